The van der Waals surface area contributed by atoms with Gasteiger partial charge >= 0.3 is 0 Å². The van der Waals surface area contributed by atoms with Gasteiger partial charge in [0.2, 0.25) is 0 Å². The molecule has 4 N–H and O–H groups in total. The Labute approximate surface area is 109 Å². The molecule has 0 aliphatic rings. The first kappa shape index (κ1) is 12.4. The summed E-state index contributed by atoms with van der Waals surface area (Å²) in [4.78, 5) is 17.3. The van der Waals surface area contributed by atoms with Gasteiger partial charge in [-0.15, -0.1) is 0 Å². The minimum atomic E-state index is -0.542. The lowest BCUT2D eigenvalue weighted by Crippen LogP contribution is -2.20. The van der Waals surface area contributed by atoms with Gasteiger partial charge in [0.05, 0.1) is 17.4 Å². The molecule has 1 amide bonds. The molecule has 2 rings (SSSR count). The van der Waals surface area contributed by atoms with E-state index < -0.39 is 5.91 Å². The molecule has 0 radical (unpaired) electrons. The number of pyridine rings is 1. The van der Waals surface area contributed by atoms with Gasteiger partial charge in [0.1, 0.15) is 5.82 Å². The lowest BCUT2D eigenvalue weighted by Gasteiger charge is -2.18. The Hall–Kier alpha value is -2.08. The van der Waals surface area contributed by atoms with Gasteiger partial charge in [-0.1, -0.05) is 0 Å². The van der Waals surface area contributed by atoms with Gasteiger partial charge in [0.25, 0.3) is 5.91 Å². The molecule has 5 nitrogen and oxygen atoms in total. The number of rotatable bonds is 4. The van der Waals surface area contributed by atoms with E-state index >= 15 is 0 Å². The quantitative estimate of drug-likeness (QED) is 0.873. The number of aromatic nitrogens is 1. The first-order valence-corrected chi connectivity index (χ1v) is 6.29. The zero-order valence-electron chi connectivity index (χ0n) is 9.96. The summed E-state index contributed by atoms with van der Waals surface area (Å²) in [6, 6.07) is 3.66. The van der Waals surface area contributed by atoms with Gasteiger partial charge in [-0.3, -0.25) is 4.79 Å². The average molecular weight is 262 g/mol. The lowest BCUT2D eigenvalue weighted by atomic mass is 10.2. The molecule has 0 spiro atoms. The van der Waals surface area contributed by atoms with Crippen molar-refractivity contribution in [3.05, 3.63) is 40.2 Å². The van der Waals surface area contributed by atoms with Crippen LogP contribution in [0.15, 0.2) is 29.1 Å². The summed E-state index contributed by atoms with van der Waals surface area (Å²) in [6.07, 6.45) is 1.46. The zero-order valence-corrected chi connectivity index (χ0v) is 10.8. The number of hydrogen-bond donors (Lipinski definition) is 2. The van der Waals surface area contributed by atoms with Crippen LogP contribution in [0.5, 0.6) is 0 Å². The second kappa shape index (κ2) is 5.05. The highest BCUT2D eigenvalue weighted by molar-refractivity contribution is 7.07. The van der Waals surface area contributed by atoms with E-state index in [0.717, 1.165) is 6.54 Å². The molecule has 0 saturated heterocycles. The molecule has 0 aromatic carbocycles. The Balaban J connectivity index is 2.22. The van der Waals surface area contributed by atoms with Crippen molar-refractivity contribution in [2.45, 2.75) is 6.54 Å². The van der Waals surface area contributed by atoms with Gasteiger partial charge in [-0.2, -0.15) is 11.3 Å². The predicted molar refractivity (Wildman–Crippen MR) is 73.6 cm³/mol. The van der Waals surface area contributed by atoms with Crippen LogP contribution in [0.25, 0.3) is 0 Å². The molecule has 2 aromatic rings. The number of anilines is 2. The summed E-state index contributed by atoms with van der Waals surface area (Å²) >= 11 is 1.65. The van der Waals surface area contributed by atoms with Gasteiger partial charge in [-0.25, -0.2) is 4.98 Å². The number of nitrogen functional groups attached to an aromatic ring is 1. The SMILES string of the molecule is CN(Cc1ccsc1)c1cc(C(N)=O)c(N)cn1. The van der Waals surface area contributed by atoms with Crippen molar-refractivity contribution < 1.29 is 4.79 Å². The molecule has 0 saturated carbocycles. The molecule has 18 heavy (non-hydrogen) atoms. The maximum absolute atomic E-state index is 11.2. The van der Waals surface area contributed by atoms with Crippen molar-refractivity contribution in [1.29, 1.82) is 0 Å². The monoisotopic (exact) mass is 262 g/mol. The van der Waals surface area contributed by atoms with Crippen LogP contribution in [-0.4, -0.2) is 17.9 Å². The summed E-state index contributed by atoms with van der Waals surface area (Å²) < 4.78 is 0. The fourth-order valence-electron chi connectivity index (χ4n) is 1.61. The second-order valence-corrected chi connectivity index (χ2v) is 4.76. The van der Waals surface area contributed by atoms with Crippen LogP contribution in [0.1, 0.15) is 15.9 Å². The van der Waals surface area contributed by atoms with Crippen molar-refractivity contribution in [2.24, 2.45) is 5.73 Å². The number of hydrogen-bond acceptors (Lipinski definition) is 5. The second-order valence-electron chi connectivity index (χ2n) is 3.98. The van der Waals surface area contributed by atoms with Crippen molar-refractivity contribution in [3.63, 3.8) is 0 Å². The summed E-state index contributed by atoms with van der Waals surface area (Å²) in [5.74, 6) is 0.129. The highest BCUT2D eigenvalue weighted by Gasteiger charge is 2.10. The van der Waals surface area contributed by atoms with Crippen molar-refractivity contribution in [1.82, 2.24) is 4.98 Å². The summed E-state index contributed by atoms with van der Waals surface area (Å²) in [7, 11) is 1.90. The Morgan fingerprint density at radius 2 is 2.33 bits per heavy atom. The Bertz CT molecular complexity index is 553. The number of thiophene rings is 1. The predicted octanol–water partition coefficient (Wildman–Crippen LogP) is 1.46. The molecule has 0 aliphatic carbocycles. The topological polar surface area (TPSA) is 85.2 Å². The number of carbonyl (C=O) groups excluding carboxylic acids is 1. The lowest BCUT2D eigenvalue weighted by molar-refractivity contribution is 0.100. The van der Waals surface area contributed by atoms with Crippen LogP contribution < -0.4 is 16.4 Å². The third kappa shape index (κ3) is 2.60. The van der Waals surface area contributed by atoms with E-state index in [9.17, 15) is 4.79 Å². The maximum Gasteiger partial charge on any atom is 0.250 e. The van der Waals surface area contributed by atoms with Crippen LogP contribution in [0.4, 0.5) is 11.5 Å². The summed E-state index contributed by atoms with van der Waals surface area (Å²) in [6.45, 7) is 0.721. The van der Waals surface area contributed by atoms with E-state index in [2.05, 4.69) is 10.4 Å². The van der Waals surface area contributed by atoms with Crippen molar-refractivity contribution in [2.75, 3.05) is 17.7 Å². The van der Waals surface area contributed by atoms with Crippen LogP contribution in [0.3, 0.4) is 0 Å². The third-order valence-electron chi connectivity index (χ3n) is 2.58. The highest BCUT2D eigenvalue weighted by atomic mass is 32.1. The minimum absolute atomic E-state index is 0.301. The normalized spacial score (nSPS) is 10.3. The zero-order chi connectivity index (χ0) is 13.1. The van der Waals surface area contributed by atoms with Crippen LogP contribution in [-0.2, 0) is 6.54 Å². The largest absolute Gasteiger partial charge is 0.397 e. The van der Waals surface area contributed by atoms with E-state index in [1.807, 2.05) is 23.4 Å². The molecule has 0 aliphatic heterocycles. The van der Waals surface area contributed by atoms with E-state index in [0.29, 0.717) is 17.1 Å². The number of primary amides is 1. The third-order valence-corrected chi connectivity index (χ3v) is 3.31. The maximum atomic E-state index is 11.2. The van der Waals surface area contributed by atoms with E-state index in [4.69, 9.17) is 11.5 Å². The number of nitrogens with two attached hydrogens (primary N) is 2. The molecule has 2 heterocycles. The Kier molecular flexibility index (Phi) is 3.47. The van der Waals surface area contributed by atoms with Crippen molar-refractivity contribution >= 4 is 28.7 Å². The molecule has 0 unspecified atom stereocenters. The first-order valence-electron chi connectivity index (χ1n) is 5.35. The molecule has 0 fully saturated rings. The Morgan fingerprint density at radius 3 is 2.94 bits per heavy atom. The molecule has 0 bridgehead atoms. The van der Waals surface area contributed by atoms with Crippen LogP contribution >= 0.6 is 11.3 Å². The van der Waals surface area contributed by atoms with E-state index in [-0.39, 0.29) is 0 Å². The number of amides is 1. The highest BCUT2D eigenvalue weighted by Crippen LogP contribution is 2.19. The van der Waals surface area contributed by atoms with E-state index in [1.165, 1.54) is 11.8 Å². The van der Waals surface area contributed by atoms with Gasteiger partial charge in [-0.05, 0) is 28.5 Å². The summed E-state index contributed by atoms with van der Waals surface area (Å²) in [5.41, 5.74) is 12.7. The van der Waals surface area contributed by atoms with Crippen LogP contribution in [0.2, 0.25) is 0 Å². The number of carbonyl (C=O) groups is 1. The average Bonchev–Trinajstić information content (AvgIpc) is 2.81. The molecule has 94 valence electrons. The smallest absolute Gasteiger partial charge is 0.250 e. The Morgan fingerprint density at radius 1 is 1.56 bits per heavy atom. The fourth-order valence-corrected chi connectivity index (χ4v) is 2.27. The van der Waals surface area contributed by atoms with Gasteiger partial charge in [0, 0.05) is 13.6 Å². The van der Waals surface area contributed by atoms with Crippen molar-refractivity contribution in [3.8, 4) is 0 Å². The fraction of sp³-hybridized carbons (Fsp3) is 0.167. The molecular weight excluding hydrogens is 248 g/mol. The number of nitrogens with zero attached hydrogens (tertiary/aromatic N) is 2. The molecule has 6 heteroatoms. The van der Waals surface area contributed by atoms with Gasteiger partial charge in [0.15, 0.2) is 0 Å². The minimum Gasteiger partial charge on any atom is -0.397 e. The summed E-state index contributed by atoms with van der Waals surface area (Å²) in [5, 5.41) is 4.09. The first-order chi connectivity index (χ1) is 8.58. The molecular formula is C12H14N4OS. The van der Waals surface area contributed by atoms with E-state index in [1.54, 1.807) is 17.4 Å². The van der Waals surface area contributed by atoms with Gasteiger partial charge < -0.3 is 16.4 Å². The van der Waals surface area contributed by atoms with Crippen LogP contribution in [0, 0.1) is 0 Å². The molecule has 2 aromatic heterocycles. The molecule has 0 atom stereocenters. The standard InChI is InChI=1S/C12H14N4OS/c1-16(6-8-2-3-18-7-8)11-4-9(12(14)17)10(13)5-15-11/h2-5,7H,6,13H2,1H3,(H2,14,17).